The van der Waals surface area contributed by atoms with Gasteiger partial charge in [-0.2, -0.15) is 0 Å². The Hall–Kier alpha value is 0.210. The van der Waals surface area contributed by atoms with Gasteiger partial charge < -0.3 is 5.32 Å². The molecule has 0 unspecified atom stereocenters. The number of rotatable bonds is 5. The van der Waals surface area contributed by atoms with Crippen molar-refractivity contribution in [3.63, 3.8) is 0 Å². The molecule has 0 fully saturated rings. The Balaban J connectivity index is 2.53. The molecule has 0 atom stereocenters. The summed E-state index contributed by atoms with van der Waals surface area (Å²) in [5, 5.41) is 3.06. The molecule has 0 amide bonds. The first-order chi connectivity index (χ1) is 3.91. The third kappa shape index (κ3) is 6.21. The minimum absolute atomic E-state index is 0.906. The normalized spacial score (nSPS) is 9.75. The molecule has 0 aromatic rings. The first kappa shape index (κ1) is 8.21. The molecule has 0 radical (unpaired) electrons. The predicted octanol–water partition coefficient (Wildman–Crippen LogP) is 0.729. The van der Waals surface area contributed by atoms with Gasteiger partial charge in [0.15, 0.2) is 0 Å². The van der Waals surface area contributed by atoms with Gasteiger partial charge >= 0.3 is 0 Å². The second-order valence-corrected chi connectivity index (χ2v) is 1.96. The zero-order valence-electron chi connectivity index (χ0n) is 5.21. The van der Waals surface area contributed by atoms with E-state index in [1.807, 2.05) is 7.05 Å². The number of nitrogens with one attached hydrogen (secondary N) is 2. The van der Waals surface area contributed by atoms with Crippen LogP contribution in [0.15, 0.2) is 0 Å². The maximum Gasteiger partial charge on any atom is 0.0108 e. The molecule has 0 rings (SSSR count). The van der Waals surface area contributed by atoms with E-state index >= 15 is 0 Å². The van der Waals surface area contributed by atoms with Crippen LogP contribution in [0.25, 0.3) is 0 Å². The van der Waals surface area contributed by atoms with Crippen LogP contribution < -0.4 is 10.2 Å². The van der Waals surface area contributed by atoms with Crippen molar-refractivity contribution in [3.05, 3.63) is 0 Å². The van der Waals surface area contributed by atoms with Crippen molar-refractivity contribution in [2.75, 3.05) is 20.1 Å². The molecule has 0 aliphatic heterocycles. The quantitative estimate of drug-likeness (QED) is 0.430. The molecule has 50 valence electrons. The lowest BCUT2D eigenvalue weighted by Gasteiger charge is -1.95. The Kier molecular flexibility index (Phi) is 7.40. The van der Waals surface area contributed by atoms with Crippen molar-refractivity contribution >= 4 is 11.8 Å². The summed E-state index contributed by atoms with van der Waals surface area (Å²) in [7, 11) is 1.95. The van der Waals surface area contributed by atoms with Crippen molar-refractivity contribution in [2.45, 2.75) is 12.8 Å². The first-order valence-electron chi connectivity index (χ1n) is 2.90. The van der Waals surface area contributed by atoms with Gasteiger partial charge in [-0.1, -0.05) is 0 Å². The van der Waals surface area contributed by atoms with E-state index in [1.165, 1.54) is 6.42 Å². The predicted molar refractivity (Wildman–Crippen MR) is 37.0 cm³/mol. The van der Waals surface area contributed by atoms with E-state index in [1.54, 1.807) is 0 Å². The van der Waals surface area contributed by atoms with Crippen LogP contribution in [0.2, 0.25) is 0 Å². The minimum atomic E-state index is 0.906. The van der Waals surface area contributed by atoms with Gasteiger partial charge in [0, 0.05) is 6.54 Å². The highest BCUT2D eigenvalue weighted by Gasteiger charge is 1.82. The summed E-state index contributed by atoms with van der Waals surface area (Å²) in [4.78, 5) is 2.57. The average molecular weight is 137 g/mol. The summed E-state index contributed by atoms with van der Waals surface area (Å²) in [6.07, 6.45) is 2.33. The molecule has 8 heavy (non-hydrogen) atoms. The van der Waals surface area contributed by atoms with Crippen molar-refractivity contribution in [3.8, 4) is 0 Å². The van der Waals surface area contributed by atoms with Crippen molar-refractivity contribution in [1.29, 1.82) is 0 Å². The van der Waals surface area contributed by atoms with Gasteiger partial charge in [-0.05, 0) is 38.2 Å². The molecule has 2 N–H and O–H groups in total. The average Bonchev–Trinajstić information content (AvgIpc) is 1.81. The highest BCUT2D eigenvalue weighted by Crippen LogP contribution is 1.83. The molecule has 0 saturated carbocycles. The van der Waals surface area contributed by atoms with E-state index < -0.39 is 0 Å². The molecule has 0 bridgehead atoms. The summed E-state index contributed by atoms with van der Waals surface area (Å²) in [5.41, 5.74) is 0. The number of hydrogen-bond donors (Lipinski definition) is 2. The Morgan fingerprint density at radius 2 is 1.88 bits per heavy atom. The lowest BCUT2D eigenvalue weighted by atomic mass is 10.3. The minimum Gasteiger partial charge on any atom is -0.320 e. The molecule has 3 heteroatoms. The van der Waals surface area contributed by atoms with Crippen LogP contribution in [-0.4, -0.2) is 20.1 Å². The van der Waals surface area contributed by atoms with Crippen LogP contribution in [0.5, 0.6) is 0 Å². The SMILES string of the molecule is CNCCCCNCl. The zero-order chi connectivity index (χ0) is 6.24. The Morgan fingerprint density at radius 1 is 1.25 bits per heavy atom. The highest BCUT2D eigenvalue weighted by atomic mass is 35.5. The molecular weight excluding hydrogens is 124 g/mol. The van der Waals surface area contributed by atoms with Gasteiger partial charge in [-0.3, -0.25) is 0 Å². The molecule has 2 nitrogen and oxygen atoms in total. The van der Waals surface area contributed by atoms with E-state index in [4.69, 9.17) is 11.8 Å². The number of unbranched alkanes of at least 4 members (excludes halogenated alkanes) is 1. The summed E-state index contributed by atoms with van der Waals surface area (Å²) >= 11 is 5.21. The van der Waals surface area contributed by atoms with E-state index in [2.05, 4.69) is 10.2 Å². The molecule has 0 aliphatic carbocycles. The third-order valence-corrected chi connectivity index (χ3v) is 1.14. The van der Waals surface area contributed by atoms with E-state index in [9.17, 15) is 0 Å². The molecule has 0 aromatic heterocycles. The van der Waals surface area contributed by atoms with Crippen LogP contribution >= 0.6 is 11.8 Å². The fourth-order valence-electron chi connectivity index (χ4n) is 0.494. The molecule has 0 aromatic carbocycles. The van der Waals surface area contributed by atoms with Gasteiger partial charge in [0.25, 0.3) is 0 Å². The maximum absolute atomic E-state index is 5.21. The lowest BCUT2D eigenvalue weighted by molar-refractivity contribution is 0.670. The first-order valence-corrected chi connectivity index (χ1v) is 3.27. The van der Waals surface area contributed by atoms with Gasteiger partial charge in [0.1, 0.15) is 0 Å². The lowest BCUT2D eigenvalue weighted by Crippen LogP contribution is -2.10. The number of hydrogen-bond acceptors (Lipinski definition) is 2. The topological polar surface area (TPSA) is 24.1 Å². The van der Waals surface area contributed by atoms with Crippen LogP contribution in [-0.2, 0) is 0 Å². The molecule has 0 heterocycles. The van der Waals surface area contributed by atoms with Crippen molar-refractivity contribution in [2.24, 2.45) is 0 Å². The molecule has 0 aliphatic rings. The fraction of sp³-hybridized carbons (Fsp3) is 1.00. The van der Waals surface area contributed by atoms with Crippen molar-refractivity contribution in [1.82, 2.24) is 10.2 Å². The van der Waals surface area contributed by atoms with Gasteiger partial charge in [0.05, 0.1) is 0 Å². The highest BCUT2D eigenvalue weighted by molar-refractivity contribution is 6.13. The summed E-state index contributed by atoms with van der Waals surface area (Å²) in [6, 6.07) is 0. The maximum atomic E-state index is 5.21. The smallest absolute Gasteiger partial charge is 0.0108 e. The summed E-state index contributed by atoms with van der Waals surface area (Å²) < 4.78 is 0. The molecule has 0 spiro atoms. The van der Waals surface area contributed by atoms with E-state index in [0.29, 0.717) is 0 Å². The molecular formula is C5H13ClN2. The van der Waals surface area contributed by atoms with Crippen molar-refractivity contribution < 1.29 is 0 Å². The third-order valence-electron chi connectivity index (χ3n) is 0.948. The fourth-order valence-corrected chi connectivity index (χ4v) is 0.627. The van der Waals surface area contributed by atoms with Gasteiger partial charge in [-0.15, -0.1) is 0 Å². The van der Waals surface area contributed by atoms with Gasteiger partial charge in [0.2, 0.25) is 0 Å². The van der Waals surface area contributed by atoms with E-state index in [0.717, 1.165) is 19.5 Å². The standard InChI is InChI=1S/C5H13ClN2/c1-7-4-2-3-5-8-6/h7-8H,2-5H2,1H3. The summed E-state index contributed by atoms with van der Waals surface area (Å²) in [6.45, 7) is 1.99. The molecule has 0 saturated heterocycles. The van der Waals surface area contributed by atoms with Crippen LogP contribution in [0.3, 0.4) is 0 Å². The van der Waals surface area contributed by atoms with Crippen LogP contribution in [0.4, 0.5) is 0 Å². The van der Waals surface area contributed by atoms with Crippen LogP contribution in [0.1, 0.15) is 12.8 Å². The monoisotopic (exact) mass is 136 g/mol. The zero-order valence-corrected chi connectivity index (χ0v) is 5.96. The Morgan fingerprint density at radius 3 is 2.38 bits per heavy atom. The largest absolute Gasteiger partial charge is 0.320 e. The van der Waals surface area contributed by atoms with E-state index in [-0.39, 0.29) is 0 Å². The Bertz CT molecular complexity index is 35.4. The second kappa shape index (κ2) is 7.21. The second-order valence-electron chi connectivity index (χ2n) is 1.69. The Labute approximate surface area is 55.7 Å². The summed E-state index contributed by atoms with van der Waals surface area (Å²) in [5.74, 6) is 0. The number of halogens is 1. The van der Waals surface area contributed by atoms with Gasteiger partial charge in [-0.25, -0.2) is 4.84 Å². The van der Waals surface area contributed by atoms with Crippen LogP contribution in [0, 0.1) is 0 Å².